The minimum Gasteiger partial charge on any atom is -0.328 e. The van der Waals surface area contributed by atoms with Gasteiger partial charge in [0.1, 0.15) is 5.82 Å². The van der Waals surface area contributed by atoms with Gasteiger partial charge in [-0.15, -0.1) is 0 Å². The van der Waals surface area contributed by atoms with Gasteiger partial charge in [0.05, 0.1) is 0 Å². The van der Waals surface area contributed by atoms with Gasteiger partial charge < -0.3 is 11.1 Å². The van der Waals surface area contributed by atoms with Crippen LogP contribution in [0.15, 0.2) is 24.3 Å². The first-order chi connectivity index (χ1) is 7.65. The molecule has 1 saturated carbocycles. The van der Waals surface area contributed by atoms with E-state index in [-0.39, 0.29) is 11.9 Å². The number of nitrogens with two attached hydrogens (primary N) is 1. The van der Waals surface area contributed by atoms with Crippen LogP contribution in [0.2, 0.25) is 0 Å². The Labute approximate surface area is 96.0 Å². The molecule has 2 nitrogen and oxygen atoms in total. The molecule has 3 atom stereocenters. The Morgan fingerprint density at radius 1 is 1.31 bits per heavy atom. The maximum absolute atomic E-state index is 12.8. The van der Waals surface area contributed by atoms with E-state index in [1.165, 1.54) is 12.1 Å². The second kappa shape index (κ2) is 4.93. The van der Waals surface area contributed by atoms with Gasteiger partial charge in [0, 0.05) is 18.1 Å². The molecule has 0 radical (unpaired) electrons. The average Bonchev–Trinajstić information content (AvgIpc) is 2.65. The molecule has 0 saturated heterocycles. The molecule has 0 spiro atoms. The van der Waals surface area contributed by atoms with Gasteiger partial charge in [-0.05, 0) is 43.9 Å². The highest BCUT2D eigenvalue weighted by molar-refractivity contribution is 5.19. The van der Waals surface area contributed by atoms with Gasteiger partial charge in [0.25, 0.3) is 0 Å². The highest BCUT2D eigenvalue weighted by atomic mass is 19.1. The summed E-state index contributed by atoms with van der Waals surface area (Å²) in [4.78, 5) is 0. The molecule has 3 heteroatoms. The third-order valence-corrected chi connectivity index (χ3v) is 3.33. The molecule has 3 N–H and O–H groups in total. The third kappa shape index (κ3) is 2.80. The molecule has 2 rings (SSSR count). The summed E-state index contributed by atoms with van der Waals surface area (Å²) in [6, 6.07) is 7.80. The van der Waals surface area contributed by atoms with Gasteiger partial charge >= 0.3 is 0 Å². The fourth-order valence-electron chi connectivity index (χ4n) is 2.37. The molecule has 1 aliphatic rings. The van der Waals surface area contributed by atoms with Crippen LogP contribution in [0, 0.1) is 5.82 Å². The largest absolute Gasteiger partial charge is 0.328 e. The fraction of sp³-hybridized carbons (Fsp3) is 0.538. The number of hydrogen-bond acceptors (Lipinski definition) is 2. The molecule has 1 aliphatic carbocycles. The summed E-state index contributed by atoms with van der Waals surface area (Å²) in [6.45, 7) is 2.11. The van der Waals surface area contributed by atoms with Gasteiger partial charge in [0.2, 0.25) is 0 Å². The first-order valence-electron chi connectivity index (χ1n) is 5.92. The first kappa shape index (κ1) is 11.6. The lowest BCUT2D eigenvalue weighted by Gasteiger charge is -2.19. The van der Waals surface area contributed by atoms with Gasteiger partial charge in [-0.25, -0.2) is 4.39 Å². The Morgan fingerprint density at radius 3 is 2.56 bits per heavy atom. The van der Waals surface area contributed by atoms with Crippen molar-refractivity contribution in [3.05, 3.63) is 35.6 Å². The molecular formula is C13H19FN2. The Balaban J connectivity index is 1.92. The summed E-state index contributed by atoms with van der Waals surface area (Å²) in [5.74, 6) is -0.182. The van der Waals surface area contributed by atoms with Gasteiger partial charge in [-0.3, -0.25) is 0 Å². The number of hydrogen-bond donors (Lipinski definition) is 2. The molecule has 0 aliphatic heterocycles. The quantitative estimate of drug-likeness (QED) is 0.824. The van der Waals surface area contributed by atoms with Crippen molar-refractivity contribution < 1.29 is 4.39 Å². The SMILES string of the molecule is C[C@H](NC1CCC(N)C1)c1ccc(F)cc1. The van der Waals surface area contributed by atoms with E-state index in [4.69, 9.17) is 5.73 Å². The van der Waals surface area contributed by atoms with E-state index < -0.39 is 0 Å². The number of benzene rings is 1. The van der Waals surface area contributed by atoms with Crippen molar-refractivity contribution >= 4 is 0 Å². The Morgan fingerprint density at radius 2 is 2.00 bits per heavy atom. The zero-order chi connectivity index (χ0) is 11.5. The molecule has 0 heterocycles. The molecule has 0 amide bonds. The van der Waals surface area contributed by atoms with Crippen LogP contribution in [0.1, 0.15) is 37.8 Å². The molecule has 2 unspecified atom stereocenters. The second-order valence-corrected chi connectivity index (χ2v) is 4.71. The Kier molecular flexibility index (Phi) is 3.56. The lowest BCUT2D eigenvalue weighted by atomic mass is 10.1. The van der Waals surface area contributed by atoms with Crippen molar-refractivity contribution in [3.63, 3.8) is 0 Å². The summed E-state index contributed by atoms with van der Waals surface area (Å²) >= 11 is 0. The van der Waals surface area contributed by atoms with Crippen molar-refractivity contribution in [2.75, 3.05) is 0 Å². The summed E-state index contributed by atoms with van der Waals surface area (Å²) < 4.78 is 12.8. The first-order valence-corrected chi connectivity index (χ1v) is 5.92. The van der Waals surface area contributed by atoms with Crippen molar-refractivity contribution in [3.8, 4) is 0 Å². The Hall–Kier alpha value is -0.930. The van der Waals surface area contributed by atoms with Crippen LogP contribution in [0.25, 0.3) is 0 Å². The van der Waals surface area contributed by atoms with E-state index in [2.05, 4.69) is 12.2 Å². The lowest BCUT2D eigenvalue weighted by molar-refractivity contribution is 0.456. The summed E-state index contributed by atoms with van der Waals surface area (Å²) in [5.41, 5.74) is 7.00. The van der Waals surface area contributed by atoms with Crippen LogP contribution >= 0.6 is 0 Å². The maximum Gasteiger partial charge on any atom is 0.123 e. The van der Waals surface area contributed by atoms with Crippen LogP contribution in [0.3, 0.4) is 0 Å². The second-order valence-electron chi connectivity index (χ2n) is 4.71. The van der Waals surface area contributed by atoms with Crippen LogP contribution in [-0.4, -0.2) is 12.1 Å². The molecule has 0 aromatic heterocycles. The summed E-state index contributed by atoms with van der Waals surface area (Å²) in [7, 11) is 0. The molecule has 0 bridgehead atoms. The number of halogens is 1. The zero-order valence-corrected chi connectivity index (χ0v) is 9.62. The van der Waals surface area contributed by atoms with Crippen molar-refractivity contribution in [1.82, 2.24) is 5.32 Å². The van der Waals surface area contributed by atoms with Crippen LogP contribution < -0.4 is 11.1 Å². The molecule has 1 aromatic carbocycles. The topological polar surface area (TPSA) is 38.0 Å². The smallest absolute Gasteiger partial charge is 0.123 e. The van der Waals surface area contributed by atoms with E-state index in [9.17, 15) is 4.39 Å². The molecular weight excluding hydrogens is 203 g/mol. The van der Waals surface area contributed by atoms with Crippen molar-refractivity contribution in [2.45, 2.75) is 44.3 Å². The van der Waals surface area contributed by atoms with E-state index in [0.29, 0.717) is 12.1 Å². The average molecular weight is 222 g/mol. The van der Waals surface area contributed by atoms with E-state index in [1.807, 2.05) is 12.1 Å². The minimum atomic E-state index is -0.182. The maximum atomic E-state index is 12.8. The van der Waals surface area contributed by atoms with E-state index in [1.54, 1.807) is 0 Å². The molecule has 1 fully saturated rings. The van der Waals surface area contributed by atoms with Crippen molar-refractivity contribution in [1.29, 1.82) is 0 Å². The lowest BCUT2D eigenvalue weighted by Crippen LogP contribution is -2.30. The Bertz CT molecular complexity index is 336. The van der Waals surface area contributed by atoms with Gasteiger partial charge in [0.15, 0.2) is 0 Å². The van der Waals surface area contributed by atoms with Crippen LogP contribution in [-0.2, 0) is 0 Å². The third-order valence-electron chi connectivity index (χ3n) is 3.33. The normalized spacial score (nSPS) is 26.9. The predicted molar refractivity (Wildman–Crippen MR) is 63.6 cm³/mol. The van der Waals surface area contributed by atoms with E-state index in [0.717, 1.165) is 24.8 Å². The molecule has 1 aromatic rings. The van der Waals surface area contributed by atoms with Crippen molar-refractivity contribution in [2.24, 2.45) is 5.73 Å². The summed E-state index contributed by atoms with van der Waals surface area (Å²) in [5, 5.41) is 3.54. The minimum absolute atomic E-state index is 0.182. The number of rotatable bonds is 3. The predicted octanol–water partition coefficient (Wildman–Crippen LogP) is 2.36. The van der Waals surface area contributed by atoms with Crippen LogP contribution in [0.5, 0.6) is 0 Å². The highest BCUT2D eigenvalue weighted by Gasteiger charge is 2.22. The van der Waals surface area contributed by atoms with Gasteiger partial charge in [-0.1, -0.05) is 12.1 Å². The number of nitrogens with one attached hydrogen (secondary N) is 1. The zero-order valence-electron chi connectivity index (χ0n) is 9.62. The standard InChI is InChI=1S/C13H19FN2/c1-9(10-2-4-11(14)5-3-10)16-13-7-6-12(15)8-13/h2-5,9,12-13,16H,6-8,15H2,1H3/t9-,12?,13?/m0/s1. The van der Waals surface area contributed by atoms with Crippen LogP contribution in [0.4, 0.5) is 4.39 Å². The van der Waals surface area contributed by atoms with Gasteiger partial charge in [-0.2, -0.15) is 0 Å². The monoisotopic (exact) mass is 222 g/mol. The highest BCUT2D eigenvalue weighted by Crippen LogP contribution is 2.21. The van der Waals surface area contributed by atoms with E-state index >= 15 is 0 Å². The molecule has 16 heavy (non-hydrogen) atoms. The summed E-state index contributed by atoms with van der Waals surface area (Å²) in [6.07, 6.45) is 3.30. The molecule has 88 valence electrons. The fourth-order valence-corrected chi connectivity index (χ4v) is 2.37.